The maximum atomic E-state index is 13.3. The minimum Gasteiger partial charge on any atom is -0.366 e. The Labute approximate surface area is 106 Å². The van der Waals surface area contributed by atoms with Crippen molar-refractivity contribution in [3.05, 3.63) is 52.7 Å². The van der Waals surface area contributed by atoms with Gasteiger partial charge < -0.3 is 5.32 Å². The molecule has 0 spiro atoms. The minimum absolute atomic E-state index is 0.0139. The molecule has 1 heterocycles. The van der Waals surface area contributed by atoms with E-state index in [4.69, 9.17) is 11.6 Å². The Kier molecular flexibility index (Phi) is 3.66. The van der Waals surface area contributed by atoms with Crippen LogP contribution in [0.15, 0.2) is 24.4 Å². The summed E-state index contributed by atoms with van der Waals surface area (Å²) in [5, 5.41) is 2.68. The second kappa shape index (κ2) is 5.22. The fourth-order valence-electron chi connectivity index (χ4n) is 1.35. The van der Waals surface area contributed by atoms with Crippen LogP contribution in [0.25, 0.3) is 0 Å². The predicted molar refractivity (Wildman–Crippen MR) is 60.7 cm³/mol. The number of rotatable bonds is 3. The van der Waals surface area contributed by atoms with Crippen molar-refractivity contribution in [2.45, 2.75) is 6.54 Å². The largest absolute Gasteiger partial charge is 0.366 e. The van der Waals surface area contributed by atoms with E-state index in [9.17, 15) is 13.2 Å². The number of hydrogen-bond acceptors (Lipinski definition) is 3. The minimum atomic E-state index is -0.959. The number of aromatic nitrogens is 2. The molecule has 0 fully saturated rings. The molecule has 1 aromatic heterocycles. The second-order valence-corrected chi connectivity index (χ2v) is 3.75. The highest BCUT2D eigenvalue weighted by Gasteiger charge is 2.11. The first-order chi connectivity index (χ1) is 8.56. The predicted octanol–water partition coefficient (Wildman–Crippen LogP) is 3.16. The maximum Gasteiger partial charge on any atom is 0.224 e. The van der Waals surface area contributed by atoms with Gasteiger partial charge in [0, 0.05) is 30.4 Å². The van der Waals surface area contributed by atoms with Gasteiger partial charge in [0.05, 0.1) is 0 Å². The molecule has 3 nitrogen and oxygen atoms in total. The number of benzene rings is 1. The summed E-state index contributed by atoms with van der Waals surface area (Å²) in [5.74, 6) is -2.56. The van der Waals surface area contributed by atoms with Crippen molar-refractivity contribution in [1.82, 2.24) is 9.97 Å². The molecule has 0 unspecified atom stereocenters. The van der Waals surface area contributed by atoms with Gasteiger partial charge in [-0.25, -0.2) is 23.1 Å². The van der Waals surface area contributed by atoms with Crippen molar-refractivity contribution in [2.24, 2.45) is 0 Å². The van der Waals surface area contributed by atoms with Crippen LogP contribution in [0.5, 0.6) is 0 Å². The van der Waals surface area contributed by atoms with Crippen molar-refractivity contribution >= 4 is 17.4 Å². The Morgan fingerprint density at radius 3 is 2.44 bits per heavy atom. The Morgan fingerprint density at radius 2 is 1.83 bits per heavy atom. The van der Waals surface area contributed by atoms with Gasteiger partial charge in [-0.05, 0) is 17.7 Å². The summed E-state index contributed by atoms with van der Waals surface area (Å²) in [7, 11) is 0. The Bertz CT molecular complexity index is 554. The van der Waals surface area contributed by atoms with Crippen LogP contribution in [0.4, 0.5) is 19.0 Å². The Morgan fingerprint density at radius 1 is 1.17 bits per heavy atom. The summed E-state index contributed by atoms with van der Waals surface area (Å²) in [6, 6.07) is 2.73. The van der Waals surface area contributed by atoms with Gasteiger partial charge in [0.2, 0.25) is 5.28 Å². The van der Waals surface area contributed by atoms with Gasteiger partial charge in [0.1, 0.15) is 23.3 Å². The molecular weight excluding hydrogens is 267 g/mol. The molecule has 1 aromatic carbocycles. The van der Waals surface area contributed by atoms with E-state index in [2.05, 4.69) is 15.3 Å². The van der Waals surface area contributed by atoms with Crippen molar-refractivity contribution in [3.63, 3.8) is 0 Å². The molecule has 0 atom stereocenters. The van der Waals surface area contributed by atoms with Crippen LogP contribution in [0.2, 0.25) is 5.28 Å². The molecular formula is C11H7ClF3N3. The maximum absolute atomic E-state index is 13.3. The van der Waals surface area contributed by atoms with Crippen LogP contribution < -0.4 is 5.32 Å². The van der Waals surface area contributed by atoms with Gasteiger partial charge in [0.25, 0.3) is 0 Å². The zero-order valence-corrected chi connectivity index (χ0v) is 9.68. The number of halogens is 4. The molecule has 0 aliphatic heterocycles. The van der Waals surface area contributed by atoms with Crippen LogP contribution in [0.1, 0.15) is 5.56 Å². The van der Waals surface area contributed by atoms with E-state index in [1.165, 1.54) is 12.3 Å². The Hall–Kier alpha value is -1.82. The zero-order valence-electron chi connectivity index (χ0n) is 8.92. The zero-order chi connectivity index (χ0) is 13.1. The molecule has 94 valence electrons. The molecule has 0 amide bonds. The average Bonchev–Trinajstić information content (AvgIpc) is 2.27. The SMILES string of the molecule is Fc1cc(F)c(CNc2ccnc(Cl)n2)c(F)c1. The summed E-state index contributed by atoms with van der Waals surface area (Å²) in [5.41, 5.74) is -0.272. The number of nitrogens with zero attached hydrogens (tertiary/aromatic N) is 2. The molecule has 2 rings (SSSR count). The van der Waals surface area contributed by atoms with Crippen LogP contribution in [0, 0.1) is 17.5 Å². The molecule has 18 heavy (non-hydrogen) atoms. The highest BCUT2D eigenvalue weighted by Crippen LogP contribution is 2.16. The lowest BCUT2D eigenvalue weighted by Gasteiger charge is -2.07. The van der Waals surface area contributed by atoms with Gasteiger partial charge in [-0.3, -0.25) is 0 Å². The van der Waals surface area contributed by atoms with Gasteiger partial charge in [-0.15, -0.1) is 0 Å². The third kappa shape index (κ3) is 2.89. The van der Waals surface area contributed by atoms with E-state index in [1.807, 2.05) is 0 Å². The second-order valence-electron chi connectivity index (χ2n) is 3.41. The molecule has 2 aromatic rings. The van der Waals surface area contributed by atoms with Gasteiger partial charge in [-0.1, -0.05) is 0 Å². The Balaban J connectivity index is 2.16. The molecule has 1 N–H and O–H groups in total. The first-order valence-electron chi connectivity index (χ1n) is 4.92. The van der Waals surface area contributed by atoms with E-state index in [0.29, 0.717) is 18.0 Å². The summed E-state index contributed by atoms with van der Waals surface area (Å²) in [4.78, 5) is 7.45. The van der Waals surface area contributed by atoms with E-state index in [-0.39, 0.29) is 17.4 Å². The standard InChI is InChI=1S/C11H7ClF3N3/c12-11-16-2-1-10(18-11)17-5-7-8(14)3-6(13)4-9(7)15/h1-4H,5H2,(H,16,17,18). The van der Waals surface area contributed by atoms with Crippen LogP contribution in [-0.4, -0.2) is 9.97 Å². The molecule has 0 bridgehead atoms. The highest BCUT2D eigenvalue weighted by molar-refractivity contribution is 6.28. The third-order valence-corrected chi connectivity index (χ3v) is 2.36. The fraction of sp³-hybridized carbons (Fsp3) is 0.0909. The number of hydrogen-bond donors (Lipinski definition) is 1. The summed E-state index contributed by atoms with van der Waals surface area (Å²) >= 11 is 5.55. The molecule has 7 heteroatoms. The first kappa shape index (κ1) is 12.6. The third-order valence-electron chi connectivity index (χ3n) is 2.18. The topological polar surface area (TPSA) is 37.8 Å². The monoisotopic (exact) mass is 273 g/mol. The van der Waals surface area contributed by atoms with Gasteiger partial charge in [-0.2, -0.15) is 0 Å². The normalized spacial score (nSPS) is 10.4. The van der Waals surface area contributed by atoms with Crippen LogP contribution in [0.3, 0.4) is 0 Å². The molecule has 0 aliphatic carbocycles. The molecule has 0 aliphatic rings. The van der Waals surface area contributed by atoms with Gasteiger partial charge in [0.15, 0.2) is 0 Å². The number of nitrogens with one attached hydrogen (secondary N) is 1. The lowest BCUT2D eigenvalue weighted by Crippen LogP contribution is -2.06. The summed E-state index contributed by atoms with van der Waals surface area (Å²) < 4.78 is 39.3. The van der Waals surface area contributed by atoms with Crippen molar-refractivity contribution < 1.29 is 13.2 Å². The van der Waals surface area contributed by atoms with E-state index < -0.39 is 17.5 Å². The van der Waals surface area contributed by atoms with E-state index >= 15 is 0 Å². The first-order valence-corrected chi connectivity index (χ1v) is 5.30. The van der Waals surface area contributed by atoms with Crippen molar-refractivity contribution in [3.8, 4) is 0 Å². The van der Waals surface area contributed by atoms with E-state index in [1.54, 1.807) is 0 Å². The van der Waals surface area contributed by atoms with Crippen LogP contribution >= 0.6 is 11.6 Å². The lowest BCUT2D eigenvalue weighted by molar-refractivity contribution is 0.526. The van der Waals surface area contributed by atoms with Crippen LogP contribution in [-0.2, 0) is 6.54 Å². The van der Waals surface area contributed by atoms with Crippen molar-refractivity contribution in [1.29, 1.82) is 0 Å². The van der Waals surface area contributed by atoms with E-state index in [0.717, 1.165) is 0 Å². The molecule has 0 saturated carbocycles. The number of anilines is 1. The van der Waals surface area contributed by atoms with Crippen molar-refractivity contribution in [2.75, 3.05) is 5.32 Å². The quantitative estimate of drug-likeness (QED) is 0.873. The summed E-state index contributed by atoms with van der Waals surface area (Å²) in [6.45, 7) is -0.175. The smallest absolute Gasteiger partial charge is 0.224 e. The molecule has 0 radical (unpaired) electrons. The summed E-state index contributed by atoms with van der Waals surface area (Å²) in [6.07, 6.45) is 1.40. The molecule has 0 saturated heterocycles. The highest BCUT2D eigenvalue weighted by atomic mass is 35.5. The lowest BCUT2D eigenvalue weighted by atomic mass is 10.2. The fourth-order valence-corrected chi connectivity index (χ4v) is 1.50. The average molecular weight is 274 g/mol. The van der Waals surface area contributed by atoms with Gasteiger partial charge >= 0.3 is 0 Å².